The molecule has 3 unspecified atom stereocenters. The van der Waals surface area contributed by atoms with E-state index in [2.05, 4.69) is 17.2 Å². The minimum Gasteiger partial charge on any atom is -0.373 e. The highest BCUT2D eigenvalue weighted by Gasteiger charge is 2.24. The first-order chi connectivity index (χ1) is 6.76. The predicted molar refractivity (Wildman–Crippen MR) is 52.3 cm³/mol. The van der Waals surface area contributed by atoms with Gasteiger partial charge in [0, 0.05) is 7.11 Å². The zero-order chi connectivity index (χ0) is 10.4. The van der Waals surface area contributed by atoms with Gasteiger partial charge < -0.3 is 18.9 Å². The van der Waals surface area contributed by atoms with E-state index in [1.807, 2.05) is 0 Å². The van der Waals surface area contributed by atoms with Crippen molar-refractivity contribution in [3.8, 4) is 0 Å². The van der Waals surface area contributed by atoms with Gasteiger partial charge in [-0.3, -0.25) is 0 Å². The van der Waals surface area contributed by atoms with Crippen LogP contribution in [0.5, 0.6) is 0 Å². The first-order valence-corrected chi connectivity index (χ1v) is 5.42. The molecule has 1 saturated heterocycles. The normalized spacial score (nSPS) is 24.6. The molecule has 5 heteroatoms. The molecular weight excluding hydrogens is 200 g/mol. The van der Waals surface area contributed by atoms with Gasteiger partial charge in [-0.2, -0.15) is 0 Å². The Labute approximate surface area is 88.3 Å². The van der Waals surface area contributed by atoms with Gasteiger partial charge in [-0.15, -0.1) is 0 Å². The Balaban J connectivity index is 2.03. The van der Waals surface area contributed by atoms with Crippen LogP contribution in [0.25, 0.3) is 0 Å². The lowest BCUT2D eigenvalue weighted by Gasteiger charge is -2.18. The van der Waals surface area contributed by atoms with E-state index >= 15 is 0 Å². The van der Waals surface area contributed by atoms with Gasteiger partial charge in [0.05, 0.1) is 25.9 Å². The highest BCUT2D eigenvalue weighted by molar-refractivity contribution is 6.09. The van der Waals surface area contributed by atoms with Gasteiger partial charge in [0.2, 0.25) is 0 Å². The smallest absolute Gasteiger partial charge is 0.134 e. The van der Waals surface area contributed by atoms with Crippen molar-refractivity contribution in [3.05, 3.63) is 0 Å². The van der Waals surface area contributed by atoms with Gasteiger partial charge in [0.1, 0.15) is 22.3 Å². The number of methoxy groups -OCH3 is 1. The molecule has 0 N–H and O–H groups in total. The van der Waals surface area contributed by atoms with Gasteiger partial charge in [-0.05, 0) is 6.42 Å². The fraction of sp³-hybridized carbons (Fsp3) is 1.00. The van der Waals surface area contributed by atoms with E-state index in [9.17, 15) is 0 Å². The summed E-state index contributed by atoms with van der Waals surface area (Å²) in [5.41, 5.74) is 0. The third kappa shape index (κ3) is 5.07. The number of rotatable bonds is 8. The van der Waals surface area contributed by atoms with E-state index < -0.39 is 0 Å². The van der Waals surface area contributed by atoms with Crippen LogP contribution in [0.3, 0.4) is 0 Å². The van der Waals surface area contributed by atoms with Crippen LogP contribution in [-0.4, -0.2) is 55.3 Å². The van der Waals surface area contributed by atoms with Crippen LogP contribution < -0.4 is 0 Å². The molecule has 1 aliphatic rings. The van der Waals surface area contributed by atoms with Gasteiger partial charge in [0.15, 0.2) is 0 Å². The molecule has 0 aliphatic carbocycles. The summed E-state index contributed by atoms with van der Waals surface area (Å²) in [7, 11) is 4.83. The minimum atomic E-state index is -0.357. The molecule has 1 aliphatic heterocycles. The molecule has 0 saturated carbocycles. The zero-order valence-corrected chi connectivity index (χ0v) is 9.69. The Hall–Kier alpha value is 0.0569. The third-order valence-electron chi connectivity index (χ3n) is 2.02. The molecule has 0 bridgehead atoms. The van der Waals surface area contributed by atoms with Gasteiger partial charge in [-0.25, -0.2) is 0 Å². The van der Waals surface area contributed by atoms with Crippen molar-refractivity contribution in [1.82, 2.24) is 0 Å². The van der Waals surface area contributed by atoms with Crippen molar-refractivity contribution in [2.24, 2.45) is 0 Å². The van der Waals surface area contributed by atoms with Crippen LogP contribution in [0.1, 0.15) is 13.3 Å². The minimum absolute atomic E-state index is 0.119. The quantitative estimate of drug-likeness (QED) is 0.333. The maximum atomic E-state index is 5.58. The molecule has 1 rings (SSSR count). The first kappa shape index (κ1) is 12.1. The highest BCUT2D eigenvalue weighted by Crippen LogP contribution is 2.11. The molecule has 0 spiro atoms. The lowest BCUT2D eigenvalue weighted by Crippen LogP contribution is -2.26. The Kier molecular flexibility index (Phi) is 5.65. The monoisotopic (exact) mass is 217 g/mol. The van der Waals surface area contributed by atoms with Crippen molar-refractivity contribution < 1.29 is 18.9 Å². The molecule has 0 aromatic heterocycles. The number of hydrogen-bond donors (Lipinski definition) is 0. The zero-order valence-electron chi connectivity index (χ0n) is 8.69. The molecule has 1 heterocycles. The van der Waals surface area contributed by atoms with E-state index in [0.29, 0.717) is 19.3 Å². The van der Waals surface area contributed by atoms with Crippen LogP contribution in [0.4, 0.5) is 0 Å². The molecule has 0 aromatic carbocycles. The van der Waals surface area contributed by atoms with Gasteiger partial charge in [0.25, 0.3) is 0 Å². The molecule has 0 aromatic rings. The van der Waals surface area contributed by atoms with E-state index in [0.717, 1.165) is 13.0 Å². The van der Waals surface area contributed by atoms with E-state index in [4.69, 9.17) is 18.9 Å². The Morgan fingerprint density at radius 3 is 2.71 bits per heavy atom. The summed E-state index contributed by atoms with van der Waals surface area (Å²) in [6.07, 6.45) is 1.36. The summed E-state index contributed by atoms with van der Waals surface area (Å²) in [4.78, 5) is 0. The largest absolute Gasteiger partial charge is 0.373 e. The van der Waals surface area contributed by atoms with E-state index in [1.54, 1.807) is 7.11 Å². The highest BCUT2D eigenvalue weighted by atomic mass is 28.1. The van der Waals surface area contributed by atoms with Crippen LogP contribution >= 0.6 is 0 Å². The molecule has 4 nitrogen and oxygen atoms in total. The van der Waals surface area contributed by atoms with Crippen LogP contribution in [0.15, 0.2) is 0 Å². The lowest BCUT2D eigenvalue weighted by atomic mass is 10.3. The second-order valence-electron chi connectivity index (χ2n) is 3.22. The molecule has 3 radical (unpaired) electrons. The molecule has 3 atom stereocenters. The van der Waals surface area contributed by atoms with Crippen LogP contribution in [0, 0.1) is 0 Å². The van der Waals surface area contributed by atoms with Crippen molar-refractivity contribution in [2.75, 3.05) is 26.9 Å². The fourth-order valence-electron chi connectivity index (χ4n) is 0.954. The van der Waals surface area contributed by atoms with Crippen LogP contribution in [0.2, 0.25) is 0 Å². The Morgan fingerprint density at radius 1 is 1.50 bits per heavy atom. The third-order valence-corrected chi connectivity index (χ3v) is 2.43. The molecule has 1 fully saturated rings. The summed E-state index contributed by atoms with van der Waals surface area (Å²) in [5.74, 6) is -0.357. The van der Waals surface area contributed by atoms with E-state index in [1.165, 1.54) is 0 Å². The van der Waals surface area contributed by atoms with Crippen molar-refractivity contribution in [2.45, 2.75) is 31.5 Å². The molecule has 81 valence electrons. The lowest BCUT2D eigenvalue weighted by molar-refractivity contribution is -0.106. The standard InChI is InChI=1S/C9H17O4Si/c1-3-7(4-13-9(14)10-2)11-5-8-6-12-8/h7-9H,3-6H2,1-2H3. The molecule has 14 heavy (non-hydrogen) atoms. The number of hydrogen-bond acceptors (Lipinski definition) is 4. The summed E-state index contributed by atoms with van der Waals surface area (Å²) in [5, 5.41) is 0. The summed E-state index contributed by atoms with van der Waals surface area (Å²) >= 11 is 0. The first-order valence-electron chi connectivity index (χ1n) is 4.85. The summed E-state index contributed by atoms with van der Waals surface area (Å²) < 4.78 is 20.8. The average molecular weight is 217 g/mol. The van der Waals surface area contributed by atoms with Crippen molar-refractivity contribution >= 4 is 10.2 Å². The van der Waals surface area contributed by atoms with Crippen LogP contribution in [-0.2, 0) is 18.9 Å². The number of epoxide rings is 1. The Morgan fingerprint density at radius 2 is 2.21 bits per heavy atom. The van der Waals surface area contributed by atoms with Crippen molar-refractivity contribution in [1.29, 1.82) is 0 Å². The summed E-state index contributed by atoms with van der Waals surface area (Å²) in [6, 6.07) is 0. The SMILES string of the molecule is CCC(COC([Si])OC)OCC1CO1. The summed E-state index contributed by atoms with van der Waals surface area (Å²) in [6.45, 7) is 4.10. The molecular formula is C9H17O4Si. The van der Waals surface area contributed by atoms with Gasteiger partial charge in [-0.1, -0.05) is 6.92 Å². The second kappa shape index (κ2) is 6.52. The Bertz CT molecular complexity index is 152. The average Bonchev–Trinajstić information content (AvgIpc) is 3.01. The van der Waals surface area contributed by atoms with Crippen molar-refractivity contribution in [3.63, 3.8) is 0 Å². The fourth-order valence-corrected chi connectivity index (χ4v) is 1.05. The topological polar surface area (TPSA) is 40.2 Å². The maximum Gasteiger partial charge on any atom is 0.134 e. The maximum absolute atomic E-state index is 5.58. The molecule has 0 amide bonds. The second-order valence-corrected chi connectivity index (χ2v) is 3.69. The van der Waals surface area contributed by atoms with E-state index in [-0.39, 0.29) is 12.0 Å². The predicted octanol–water partition coefficient (Wildman–Crippen LogP) is 0.295. The van der Waals surface area contributed by atoms with Gasteiger partial charge >= 0.3 is 0 Å². The number of ether oxygens (including phenoxy) is 4.